The van der Waals surface area contributed by atoms with Crippen LogP contribution in [0.3, 0.4) is 0 Å². The predicted octanol–water partition coefficient (Wildman–Crippen LogP) is 2.99. The minimum absolute atomic E-state index is 0.312. The largest absolute Gasteiger partial charge is 0.434 e. The molecule has 0 aliphatic carbocycles. The Morgan fingerprint density at radius 2 is 2.15 bits per heavy atom. The van der Waals surface area contributed by atoms with Gasteiger partial charge in [0.25, 0.3) is 0 Å². The van der Waals surface area contributed by atoms with E-state index in [0.717, 1.165) is 36.4 Å². The van der Waals surface area contributed by atoms with E-state index in [0.29, 0.717) is 41.9 Å². The maximum Gasteiger partial charge on any atom is 0.434 e. The van der Waals surface area contributed by atoms with Crippen LogP contribution in [0.2, 0.25) is 0 Å². The van der Waals surface area contributed by atoms with E-state index in [1.54, 1.807) is 0 Å². The summed E-state index contributed by atoms with van der Waals surface area (Å²) in [7, 11) is 0. The molecule has 2 unspecified atom stereocenters. The number of rotatable bonds is 6. The van der Waals surface area contributed by atoms with Gasteiger partial charge in [0.15, 0.2) is 11.7 Å². The van der Waals surface area contributed by atoms with Crippen molar-refractivity contribution in [2.24, 2.45) is 10.9 Å². The van der Waals surface area contributed by atoms with Gasteiger partial charge in [0, 0.05) is 50.1 Å². The minimum atomic E-state index is -4.38. The number of nitrogens with one attached hydrogen (secondary N) is 2. The maximum atomic E-state index is 12.6. The van der Waals surface area contributed by atoms with E-state index in [1.807, 2.05) is 6.92 Å². The molecule has 2 atom stereocenters. The first-order chi connectivity index (χ1) is 12.2. The van der Waals surface area contributed by atoms with Gasteiger partial charge in [0.1, 0.15) is 0 Å². The Morgan fingerprint density at radius 3 is 2.69 bits per heavy atom. The molecule has 2 heterocycles. The molecular weight excluding hydrogens is 363 g/mol. The van der Waals surface area contributed by atoms with E-state index in [4.69, 9.17) is 0 Å². The molecular formula is C17H28F3N5S. The predicted molar refractivity (Wildman–Crippen MR) is 99.6 cm³/mol. The summed E-state index contributed by atoms with van der Waals surface area (Å²) < 4.78 is 37.8. The van der Waals surface area contributed by atoms with Gasteiger partial charge in [0.2, 0.25) is 0 Å². The third kappa shape index (κ3) is 5.84. The molecule has 2 rings (SSSR count). The van der Waals surface area contributed by atoms with Gasteiger partial charge in [-0.2, -0.15) is 13.2 Å². The van der Waals surface area contributed by atoms with Crippen LogP contribution in [0.15, 0.2) is 10.4 Å². The highest BCUT2D eigenvalue weighted by molar-refractivity contribution is 7.09. The molecule has 26 heavy (non-hydrogen) atoms. The number of halogens is 3. The van der Waals surface area contributed by atoms with Crippen LogP contribution in [0.1, 0.15) is 38.4 Å². The highest BCUT2D eigenvalue weighted by atomic mass is 32.1. The summed E-state index contributed by atoms with van der Waals surface area (Å²) in [4.78, 5) is 10.6. The maximum absolute atomic E-state index is 12.6. The summed E-state index contributed by atoms with van der Waals surface area (Å²) in [6.07, 6.45) is -3.98. The number of nitrogens with zero attached hydrogens (tertiary/aromatic N) is 3. The number of alkyl halides is 3. The molecule has 0 spiro atoms. The molecule has 0 bridgehead atoms. The fourth-order valence-corrected chi connectivity index (χ4v) is 3.72. The van der Waals surface area contributed by atoms with Gasteiger partial charge < -0.3 is 10.6 Å². The minimum Gasteiger partial charge on any atom is -0.357 e. The lowest BCUT2D eigenvalue weighted by Gasteiger charge is -2.21. The molecule has 0 saturated carbocycles. The van der Waals surface area contributed by atoms with Crippen LogP contribution in [0.4, 0.5) is 13.2 Å². The van der Waals surface area contributed by atoms with Crippen LogP contribution in [-0.4, -0.2) is 54.1 Å². The number of hydrogen-bond acceptors (Lipinski definition) is 4. The average Bonchev–Trinajstić information content (AvgIpc) is 3.15. The van der Waals surface area contributed by atoms with Crippen molar-refractivity contribution < 1.29 is 13.2 Å². The number of aromatic nitrogens is 1. The molecule has 0 radical (unpaired) electrons. The second kappa shape index (κ2) is 9.03. The van der Waals surface area contributed by atoms with Crippen molar-refractivity contribution in [2.75, 3.05) is 26.2 Å². The second-order valence-electron chi connectivity index (χ2n) is 6.91. The van der Waals surface area contributed by atoms with E-state index < -0.39 is 11.9 Å². The molecule has 5 nitrogen and oxygen atoms in total. The van der Waals surface area contributed by atoms with Gasteiger partial charge >= 0.3 is 6.18 Å². The van der Waals surface area contributed by atoms with Crippen LogP contribution in [0.5, 0.6) is 0 Å². The average molecular weight is 392 g/mol. The summed E-state index contributed by atoms with van der Waals surface area (Å²) >= 11 is 1.03. The molecule has 148 valence electrons. The van der Waals surface area contributed by atoms with E-state index >= 15 is 0 Å². The molecule has 1 aliphatic heterocycles. The third-order valence-electron chi connectivity index (χ3n) is 4.47. The molecule has 1 saturated heterocycles. The number of guanidine groups is 1. The molecule has 1 aromatic rings. The summed E-state index contributed by atoms with van der Waals surface area (Å²) in [6.45, 7) is 11.7. The summed E-state index contributed by atoms with van der Waals surface area (Å²) in [5.41, 5.74) is -0.819. The van der Waals surface area contributed by atoms with Gasteiger partial charge in [-0.15, -0.1) is 11.3 Å². The lowest BCUT2D eigenvalue weighted by molar-refractivity contribution is -0.140. The first kappa shape index (κ1) is 21.0. The molecule has 9 heteroatoms. The van der Waals surface area contributed by atoms with Gasteiger partial charge in [-0.3, -0.25) is 9.89 Å². The van der Waals surface area contributed by atoms with Crippen molar-refractivity contribution in [3.63, 3.8) is 0 Å². The van der Waals surface area contributed by atoms with Gasteiger partial charge in [-0.25, -0.2) is 4.98 Å². The lowest BCUT2D eigenvalue weighted by atomic mass is 10.1. The smallest absolute Gasteiger partial charge is 0.357 e. The molecule has 1 aliphatic rings. The van der Waals surface area contributed by atoms with Crippen molar-refractivity contribution in [1.82, 2.24) is 20.5 Å². The zero-order valence-corrected chi connectivity index (χ0v) is 16.5. The van der Waals surface area contributed by atoms with Crippen molar-refractivity contribution in [2.45, 2.75) is 52.4 Å². The summed E-state index contributed by atoms with van der Waals surface area (Å²) in [5.74, 6) is 1.22. The van der Waals surface area contributed by atoms with Crippen LogP contribution < -0.4 is 10.6 Å². The Hall–Kier alpha value is -1.35. The summed E-state index contributed by atoms with van der Waals surface area (Å²) in [5, 5.41) is 8.20. The van der Waals surface area contributed by atoms with E-state index in [2.05, 4.69) is 46.3 Å². The second-order valence-corrected chi connectivity index (χ2v) is 7.85. The lowest BCUT2D eigenvalue weighted by Crippen LogP contribution is -2.46. The first-order valence-corrected chi connectivity index (χ1v) is 9.89. The monoisotopic (exact) mass is 391 g/mol. The quantitative estimate of drug-likeness (QED) is 0.578. The molecule has 1 aromatic heterocycles. The Labute approximate surface area is 157 Å². The SMILES string of the molecule is CCNC(=NCCc1nc(C(F)(F)F)cs1)NC1CN(C(C)C)CC1C. The number of hydrogen-bond donors (Lipinski definition) is 2. The van der Waals surface area contributed by atoms with Crippen LogP contribution in [0, 0.1) is 5.92 Å². The number of likely N-dealkylation sites (tertiary alicyclic amines) is 1. The van der Waals surface area contributed by atoms with Crippen molar-refractivity contribution in [1.29, 1.82) is 0 Å². The van der Waals surface area contributed by atoms with Crippen molar-refractivity contribution >= 4 is 17.3 Å². The molecule has 1 fully saturated rings. The zero-order chi connectivity index (χ0) is 19.3. The van der Waals surface area contributed by atoms with E-state index in [1.165, 1.54) is 0 Å². The van der Waals surface area contributed by atoms with Crippen molar-refractivity contribution in [3.8, 4) is 0 Å². The van der Waals surface area contributed by atoms with E-state index in [9.17, 15) is 13.2 Å². The molecule has 0 aromatic carbocycles. The first-order valence-electron chi connectivity index (χ1n) is 9.01. The fraction of sp³-hybridized carbons (Fsp3) is 0.765. The van der Waals surface area contributed by atoms with Crippen LogP contribution in [0.25, 0.3) is 0 Å². The van der Waals surface area contributed by atoms with Crippen LogP contribution in [-0.2, 0) is 12.6 Å². The van der Waals surface area contributed by atoms with Crippen molar-refractivity contribution in [3.05, 3.63) is 16.1 Å². The molecule has 0 amide bonds. The van der Waals surface area contributed by atoms with Gasteiger partial charge in [-0.1, -0.05) is 6.92 Å². The summed E-state index contributed by atoms with van der Waals surface area (Å²) in [6, 6.07) is 0.823. The van der Waals surface area contributed by atoms with Gasteiger partial charge in [-0.05, 0) is 26.7 Å². The topological polar surface area (TPSA) is 52.6 Å². The molecule has 2 N–H and O–H groups in total. The Bertz CT molecular complexity index is 599. The Kier molecular flexibility index (Phi) is 7.28. The third-order valence-corrected chi connectivity index (χ3v) is 5.38. The fourth-order valence-electron chi connectivity index (χ4n) is 2.93. The number of aliphatic imine (C=N–C) groups is 1. The van der Waals surface area contributed by atoms with Gasteiger partial charge in [0.05, 0.1) is 5.01 Å². The Balaban J connectivity index is 1.91. The van der Waals surface area contributed by atoms with E-state index in [-0.39, 0.29) is 0 Å². The Morgan fingerprint density at radius 1 is 1.42 bits per heavy atom. The normalized spacial score (nSPS) is 22.2. The van der Waals surface area contributed by atoms with Crippen LogP contribution >= 0.6 is 11.3 Å². The standard InChI is InChI=1S/C17H28F3N5S/c1-5-21-16(23-13-9-25(11(2)3)8-12(13)4)22-7-6-15-24-14(10-26-15)17(18,19)20/h10-13H,5-9H2,1-4H3,(H2,21,22,23). The zero-order valence-electron chi connectivity index (χ0n) is 15.7. The highest BCUT2D eigenvalue weighted by Gasteiger charge is 2.33. The highest BCUT2D eigenvalue weighted by Crippen LogP contribution is 2.30. The number of thiazole rings is 1.